The average Bonchev–Trinajstić information content (AvgIpc) is 2.42. The molecule has 2 unspecified atom stereocenters. The molecule has 1 aliphatic rings. The van der Waals surface area contributed by atoms with Crippen molar-refractivity contribution < 1.29 is 19.4 Å². The number of nitrogens with zero attached hydrogens (tertiary/aromatic N) is 1. The van der Waals surface area contributed by atoms with E-state index in [1.54, 1.807) is 6.92 Å². The monoisotopic (exact) mass is 272 g/mol. The van der Waals surface area contributed by atoms with Gasteiger partial charge in [-0.3, -0.25) is 4.79 Å². The third kappa shape index (κ3) is 5.06. The third-order valence-corrected chi connectivity index (χ3v) is 3.47. The molecule has 0 aromatic rings. The minimum atomic E-state index is -0.787. The SMILES string of the molecule is CCC1COCCN1C(=O)NCCCC(C)C(=O)O. The van der Waals surface area contributed by atoms with E-state index in [0.29, 0.717) is 39.1 Å². The first-order chi connectivity index (χ1) is 9.06. The van der Waals surface area contributed by atoms with Gasteiger partial charge in [0.05, 0.1) is 25.2 Å². The smallest absolute Gasteiger partial charge is 0.317 e. The van der Waals surface area contributed by atoms with E-state index >= 15 is 0 Å². The first-order valence-corrected chi connectivity index (χ1v) is 6.91. The zero-order valence-corrected chi connectivity index (χ0v) is 11.7. The van der Waals surface area contributed by atoms with Crippen molar-refractivity contribution in [1.29, 1.82) is 0 Å². The molecule has 0 bridgehead atoms. The first-order valence-electron chi connectivity index (χ1n) is 6.91. The van der Waals surface area contributed by atoms with Crippen molar-refractivity contribution in [1.82, 2.24) is 10.2 Å². The van der Waals surface area contributed by atoms with Crippen molar-refractivity contribution >= 4 is 12.0 Å². The van der Waals surface area contributed by atoms with Crippen LogP contribution in [0.1, 0.15) is 33.1 Å². The van der Waals surface area contributed by atoms with Crippen LogP contribution in [-0.4, -0.2) is 54.4 Å². The van der Waals surface area contributed by atoms with Gasteiger partial charge in [-0.05, 0) is 19.3 Å². The summed E-state index contributed by atoms with van der Waals surface area (Å²) in [6.45, 7) is 6.04. The van der Waals surface area contributed by atoms with Crippen LogP contribution in [0.2, 0.25) is 0 Å². The molecule has 1 heterocycles. The van der Waals surface area contributed by atoms with Crippen LogP contribution in [0.3, 0.4) is 0 Å². The van der Waals surface area contributed by atoms with E-state index in [4.69, 9.17) is 9.84 Å². The second kappa shape index (κ2) is 7.99. The summed E-state index contributed by atoms with van der Waals surface area (Å²) in [6, 6.07) is 0.0739. The molecule has 6 nitrogen and oxygen atoms in total. The fourth-order valence-corrected chi connectivity index (χ4v) is 2.09. The molecule has 0 aromatic heterocycles. The molecule has 0 aliphatic carbocycles. The standard InChI is InChI=1S/C13H24N2O4/c1-3-11-9-19-8-7-15(11)13(18)14-6-4-5-10(2)12(16)17/h10-11H,3-9H2,1-2H3,(H,14,18)(H,16,17). The quantitative estimate of drug-likeness (QED) is 0.714. The van der Waals surface area contributed by atoms with E-state index in [0.717, 1.165) is 6.42 Å². The van der Waals surface area contributed by atoms with Gasteiger partial charge in [-0.15, -0.1) is 0 Å². The van der Waals surface area contributed by atoms with Gasteiger partial charge in [0, 0.05) is 13.1 Å². The normalized spacial score (nSPS) is 20.9. The zero-order chi connectivity index (χ0) is 14.3. The molecule has 0 spiro atoms. The summed E-state index contributed by atoms with van der Waals surface area (Å²) in [5, 5.41) is 11.6. The summed E-state index contributed by atoms with van der Waals surface area (Å²) in [5.41, 5.74) is 0. The number of ether oxygens (including phenoxy) is 1. The summed E-state index contributed by atoms with van der Waals surface area (Å²) < 4.78 is 5.35. The lowest BCUT2D eigenvalue weighted by Crippen LogP contribution is -2.52. The van der Waals surface area contributed by atoms with Gasteiger partial charge in [-0.2, -0.15) is 0 Å². The molecule has 0 aromatic carbocycles. The summed E-state index contributed by atoms with van der Waals surface area (Å²) >= 11 is 0. The van der Waals surface area contributed by atoms with Gasteiger partial charge >= 0.3 is 12.0 Å². The highest BCUT2D eigenvalue weighted by atomic mass is 16.5. The van der Waals surface area contributed by atoms with Gasteiger partial charge in [0.15, 0.2) is 0 Å². The van der Waals surface area contributed by atoms with Crippen molar-refractivity contribution in [2.24, 2.45) is 5.92 Å². The molecule has 6 heteroatoms. The Morgan fingerprint density at radius 1 is 1.53 bits per heavy atom. The molecule has 1 saturated heterocycles. The molecule has 1 aliphatic heterocycles. The second-order valence-electron chi connectivity index (χ2n) is 4.94. The maximum Gasteiger partial charge on any atom is 0.317 e. The molecular formula is C13H24N2O4. The number of carbonyl (C=O) groups excluding carboxylic acids is 1. The third-order valence-electron chi connectivity index (χ3n) is 3.47. The van der Waals surface area contributed by atoms with E-state index < -0.39 is 5.97 Å². The molecule has 110 valence electrons. The van der Waals surface area contributed by atoms with E-state index in [2.05, 4.69) is 5.32 Å². The lowest BCUT2D eigenvalue weighted by atomic mass is 10.1. The van der Waals surface area contributed by atoms with Crippen LogP contribution in [0, 0.1) is 5.92 Å². The Kier molecular flexibility index (Phi) is 6.62. The molecule has 19 heavy (non-hydrogen) atoms. The summed E-state index contributed by atoms with van der Waals surface area (Å²) in [5.74, 6) is -1.14. The lowest BCUT2D eigenvalue weighted by Gasteiger charge is -2.35. The van der Waals surface area contributed by atoms with Gasteiger partial charge in [0.2, 0.25) is 0 Å². The Labute approximate surface area is 114 Å². The van der Waals surface area contributed by atoms with Crippen molar-refractivity contribution in [2.75, 3.05) is 26.3 Å². The van der Waals surface area contributed by atoms with Crippen molar-refractivity contribution in [3.63, 3.8) is 0 Å². The highest BCUT2D eigenvalue weighted by Gasteiger charge is 2.25. The predicted molar refractivity (Wildman–Crippen MR) is 71.0 cm³/mol. The number of carboxylic acids is 1. The predicted octanol–water partition coefficient (Wildman–Crippen LogP) is 1.31. The molecule has 2 N–H and O–H groups in total. The van der Waals surface area contributed by atoms with Gasteiger partial charge in [-0.1, -0.05) is 13.8 Å². The van der Waals surface area contributed by atoms with Crippen LogP contribution in [-0.2, 0) is 9.53 Å². The second-order valence-corrected chi connectivity index (χ2v) is 4.94. The largest absolute Gasteiger partial charge is 0.481 e. The van der Waals surface area contributed by atoms with E-state index in [9.17, 15) is 9.59 Å². The van der Waals surface area contributed by atoms with Crippen molar-refractivity contribution in [3.05, 3.63) is 0 Å². The Morgan fingerprint density at radius 2 is 2.26 bits per heavy atom. The van der Waals surface area contributed by atoms with Crippen LogP contribution >= 0.6 is 0 Å². The summed E-state index contributed by atoms with van der Waals surface area (Å²) in [7, 11) is 0. The maximum absolute atomic E-state index is 12.0. The van der Waals surface area contributed by atoms with Crippen LogP contribution in [0.5, 0.6) is 0 Å². The molecule has 1 fully saturated rings. The topological polar surface area (TPSA) is 78.9 Å². The summed E-state index contributed by atoms with van der Waals surface area (Å²) in [6.07, 6.45) is 2.14. The number of hydrogen-bond acceptors (Lipinski definition) is 3. The zero-order valence-electron chi connectivity index (χ0n) is 11.7. The lowest BCUT2D eigenvalue weighted by molar-refractivity contribution is -0.141. The number of hydrogen-bond donors (Lipinski definition) is 2. The number of carboxylic acid groups (broad SMARTS) is 1. The maximum atomic E-state index is 12.0. The number of urea groups is 1. The molecular weight excluding hydrogens is 248 g/mol. The van der Waals surface area contributed by atoms with Gasteiger partial charge < -0.3 is 20.1 Å². The Hall–Kier alpha value is -1.30. The minimum Gasteiger partial charge on any atom is -0.481 e. The Bertz CT molecular complexity index is 309. The Balaban J connectivity index is 2.24. The summed E-state index contributed by atoms with van der Waals surface area (Å²) in [4.78, 5) is 24.4. The number of nitrogens with one attached hydrogen (secondary N) is 1. The average molecular weight is 272 g/mol. The minimum absolute atomic E-state index is 0.0712. The van der Waals surface area contributed by atoms with E-state index in [1.165, 1.54) is 0 Å². The molecule has 2 atom stereocenters. The number of rotatable bonds is 6. The fraction of sp³-hybridized carbons (Fsp3) is 0.846. The highest BCUT2D eigenvalue weighted by molar-refractivity contribution is 5.74. The fourth-order valence-electron chi connectivity index (χ4n) is 2.09. The first kappa shape index (κ1) is 15.8. The Morgan fingerprint density at radius 3 is 2.89 bits per heavy atom. The van der Waals surface area contributed by atoms with Crippen molar-refractivity contribution in [2.45, 2.75) is 39.2 Å². The van der Waals surface area contributed by atoms with Crippen LogP contribution < -0.4 is 5.32 Å². The van der Waals surface area contributed by atoms with E-state index in [-0.39, 0.29) is 18.0 Å². The van der Waals surface area contributed by atoms with Crippen LogP contribution in [0.4, 0.5) is 4.79 Å². The number of morpholine rings is 1. The van der Waals surface area contributed by atoms with Gasteiger partial charge in [0.1, 0.15) is 0 Å². The number of aliphatic carboxylic acids is 1. The van der Waals surface area contributed by atoms with Crippen molar-refractivity contribution in [3.8, 4) is 0 Å². The van der Waals surface area contributed by atoms with E-state index in [1.807, 2.05) is 11.8 Å². The van der Waals surface area contributed by atoms with Gasteiger partial charge in [0.25, 0.3) is 0 Å². The van der Waals surface area contributed by atoms with Gasteiger partial charge in [-0.25, -0.2) is 4.79 Å². The molecule has 0 saturated carbocycles. The number of amides is 2. The molecule has 0 radical (unpaired) electrons. The van der Waals surface area contributed by atoms with Crippen LogP contribution in [0.25, 0.3) is 0 Å². The molecule has 2 amide bonds. The highest BCUT2D eigenvalue weighted by Crippen LogP contribution is 2.10. The van der Waals surface area contributed by atoms with Crippen LogP contribution in [0.15, 0.2) is 0 Å². The number of carbonyl (C=O) groups is 2. The molecule has 1 rings (SSSR count).